The number of rotatable bonds is 6. The third kappa shape index (κ3) is 4.94. The van der Waals surface area contributed by atoms with E-state index in [9.17, 15) is 19.5 Å². The average molecular weight is 289 g/mol. The van der Waals surface area contributed by atoms with E-state index in [2.05, 4.69) is 23.2 Å². The number of phenols is 1. The lowest BCUT2D eigenvalue weighted by atomic mass is 10.0. The molecule has 1 atom stereocenters. The summed E-state index contributed by atoms with van der Waals surface area (Å²) in [5.74, 6) is -2.50. The molecule has 1 amide bonds. The van der Waals surface area contributed by atoms with Gasteiger partial charge in [0.1, 0.15) is 11.8 Å². The number of nitrogens with one attached hydrogen (secondary N) is 1. The number of phenolic OH excluding ortho intramolecular Hbond substituents is 1. The van der Waals surface area contributed by atoms with E-state index in [0.29, 0.717) is 5.56 Å². The highest BCUT2D eigenvalue weighted by Gasteiger charge is 2.24. The van der Waals surface area contributed by atoms with E-state index in [4.69, 9.17) is 0 Å². The van der Waals surface area contributed by atoms with E-state index in [1.807, 2.05) is 0 Å². The van der Waals surface area contributed by atoms with Crippen LogP contribution in [0.3, 0.4) is 0 Å². The van der Waals surface area contributed by atoms with E-state index in [0.717, 1.165) is 12.2 Å². The Balaban J connectivity index is 2.91. The summed E-state index contributed by atoms with van der Waals surface area (Å²) >= 11 is 0. The first-order valence-corrected chi connectivity index (χ1v) is 6.05. The molecule has 0 aliphatic rings. The summed E-state index contributed by atoms with van der Waals surface area (Å²) in [4.78, 5) is 34.3. The van der Waals surface area contributed by atoms with E-state index in [1.165, 1.54) is 6.07 Å². The smallest absolute Gasteiger partial charge is 0.337 e. The predicted octanol–water partition coefficient (Wildman–Crippen LogP) is 0.861. The Morgan fingerprint density at radius 1 is 1.24 bits per heavy atom. The Bertz CT molecular complexity index is 579. The molecule has 0 spiro atoms. The van der Waals surface area contributed by atoms with E-state index < -0.39 is 23.9 Å². The zero-order chi connectivity index (χ0) is 15.8. The first-order valence-electron chi connectivity index (χ1n) is 6.05. The quantitative estimate of drug-likeness (QED) is 0.460. The summed E-state index contributed by atoms with van der Waals surface area (Å²) in [5.41, 5.74) is 0.426. The van der Waals surface area contributed by atoms with Gasteiger partial charge in [-0.25, -0.2) is 9.59 Å². The van der Waals surface area contributed by atoms with Gasteiger partial charge in [0.25, 0.3) is 0 Å². The normalized spacial score (nSPS) is 11.0. The van der Waals surface area contributed by atoms with Gasteiger partial charge in [0.05, 0.1) is 0 Å². The zero-order valence-corrected chi connectivity index (χ0v) is 11.2. The van der Waals surface area contributed by atoms with Crippen molar-refractivity contribution < 1.29 is 24.2 Å². The molecule has 0 radical (unpaired) electrons. The van der Waals surface area contributed by atoms with Crippen molar-refractivity contribution in [2.75, 3.05) is 0 Å². The first-order chi connectivity index (χ1) is 9.97. The lowest BCUT2D eigenvalue weighted by Gasteiger charge is -2.16. The fraction of sp³-hybridized carbons (Fsp3) is 0.133. The number of amides is 1. The zero-order valence-electron chi connectivity index (χ0n) is 11.2. The van der Waals surface area contributed by atoms with Crippen molar-refractivity contribution in [2.24, 2.45) is 0 Å². The van der Waals surface area contributed by atoms with Crippen LogP contribution < -0.4 is 5.32 Å². The Kier molecular flexibility index (Phi) is 5.88. The molecule has 1 unspecified atom stereocenters. The fourth-order valence-corrected chi connectivity index (χ4v) is 1.54. The number of esters is 2. The molecule has 6 heteroatoms. The van der Waals surface area contributed by atoms with Crippen LogP contribution >= 0.6 is 0 Å². The largest absolute Gasteiger partial charge is 0.508 e. The molecular formula is C15H15NO5. The minimum atomic E-state index is -1.13. The summed E-state index contributed by atoms with van der Waals surface area (Å²) < 4.78 is 4.49. The lowest BCUT2D eigenvalue weighted by molar-refractivity contribution is -0.158. The molecule has 0 heterocycles. The molecule has 1 rings (SSSR count). The molecule has 0 aliphatic heterocycles. The van der Waals surface area contributed by atoms with Crippen molar-refractivity contribution in [1.29, 1.82) is 0 Å². The molecule has 0 fully saturated rings. The van der Waals surface area contributed by atoms with Gasteiger partial charge in [0, 0.05) is 12.5 Å². The highest BCUT2D eigenvalue weighted by Crippen LogP contribution is 2.17. The van der Waals surface area contributed by atoms with Crippen molar-refractivity contribution in [2.45, 2.75) is 12.5 Å². The molecule has 1 aromatic carbocycles. The SMILES string of the molecule is C=CC(=O)NC(Cc1ccccc1O)C(=O)OC(=O)C=C. The number of ether oxygens (including phenoxy) is 1. The third-order valence-corrected chi connectivity index (χ3v) is 2.57. The van der Waals surface area contributed by atoms with Crippen molar-refractivity contribution in [3.8, 4) is 5.75 Å². The van der Waals surface area contributed by atoms with Crippen molar-refractivity contribution in [1.82, 2.24) is 5.32 Å². The number of hydrogen-bond acceptors (Lipinski definition) is 5. The van der Waals surface area contributed by atoms with Gasteiger partial charge in [-0.1, -0.05) is 31.4 Å². The molecular weight excluding hydrogens is 274 g/mol. The van der Waals surface area contributed by atoms with E-state index in [-0.39, 0.29) is 12.2 Å². The molecule has 1 aromatic rings. The van der Waals surface area contributed by atoms with Gasteiger partial charge in [0.15, 0.2) is 0 Å². The number of benzene rings is 1. The molecule has 0 saturated heterocycles. The van der Waals surface area contributed by atoms with Gasteiger partial charge in [0.2, 0.25) is 5.91 Å². The Hall–Kier alpha value is -2.89. The average Bonchev–Trinajstić information content (AvgIpc) is 2.48. The Morgan fingerprint density at radius 3 is 2.48 bits per heavy atom. The first kappa shape index (κ1) is 16.2. The van der Waals surface area contributed by atoms with Crippen LogP contribution in [0.2, 0.25) is 0 Å². The molecule has 0 aliphatic carbocycles. The highest BCUT2D eigenvalue weighted by atomic mass is 16.6. The minimum absolute atomic E-state index is 0.0294. The van der Waals surface area contributed by atoms with Gasteiger partial charge in [-0.15, -0.1) is 0 Å². The predicted molar refractivity (Wildman–Crippen MR) is 75.2 cm³/mol. The Labute approximate surface area is 121 Å². The summed E-state index contributed by atoms with van der Waals surface area (Å²) in [5, 5.41) is 12.0. The maximum Gasteiger partial charge on any atom is 0.337 e. The van der Waals surface area contributed by atoms with Gasteiger partial charge in [-0.05, 0) is 17.7 Å². The molecule has 21 heavy (non-hydrogen) atoms. The second kappa shape index (κ2) is 7.64. The van der Waals surface area contributed by atoms with Crippen LogP contribution in [0.15, 0.2) is 49.6 Å². The van der Waals surface area contributed by atoms with E-state index >= 15 is 0 Å². The molecule has 110 valence electrons. The van der Waals surface area contributed by atoms with Crippen LogP contribution in [0.4, 0.5) is 0 Å². The fourth-order valence-electron chi connectivity index (χ4n) is 1.54. The second-order valence-corrected chi connectivity index (χ2v) is 4.04. The summed E-state index contributed by atoms with van der Waals surface area (Å²) in [7, 11) is 0. The molecule has 6 nitrogen and oxygen atoms in total. The lowest BCUT2D eigenvalue weighted by Crippen LogP contribution is -2.43. The maximum atomic E-state index is 11.9. The monoisotopic (exact) mass is 289 g/mol. The summed E-state index contributed by atoms with van der Waals surface area (Å²) in [6, 6.07) is 5.19. The maximum absolute atomic E-state index is 11.9. The van der Waals surface area contributed by atoms with Gasteiger partial charge in [-0.3, -0.25) is 4.79 Å². The number of aromatic hydroxyl groups is 1. The van der Waals surface area contributed by atoms with Gasteiger partial charge < -0.3 is 15.2 Å². The third-order valence-electron chi connectivity index (χ3n) is 2.57. The number of carbonyl (C=O) groups is 3. The van der Waals surface area contributed by atoms with Gasteiger partial charge >= 0.3 is 11.9 Å². The second-order valence-electron chi connectivity index (χ2n) is 4.04. The topological polar surface area (TPSA) is 92.7 Å². The number of carbonyl (C=O) groups excluding carboxylic acids is 3. The van der Waals surface area contributed by atoms with Crippen LogP contribution in [0.25, 0.3) is 0 Å². The van der Waals surface area contributed by atoms with E-state index in [1.54, 1.807) is 18.2 Å². The van der Waals surface area contributed by atoms with Crippen LogP contribution in [0.5, 0.6) is 5.75 Å². The van der Waals surface area contributed by atoms with Crippen LogP contribution in [0.1, 0.15) is 5.56 Å². The Morgan fingerprint density at radius 2 is 1.90 bits per heavy atom. The van der Waals surface area contributed by atoms with Crippen LogP contribution in [-0.2, 0) is 25.5 Å². The van der Waals surface area contributed by atoms with Crippen molar-refractivity contribution in [3.63, 3.8) is 0 Å². The molecule has 0 aromatic heterocycles. The number of para-hydroxylation sites is 1. The molecule has 0 bridgehead atoms. The van der Waals surface area contributed by atoms with Crippen molar-refractivity contribution in [3.05, 3.63) is 55.1 Å². The summed E-state index contributed by atoms with van der Waals surface area (Å²) in [6.07, 6.45) is 1.79. The highest BCUT2D eigenvalue weighted by molar-refractivity contribution is 5.96. The standard InChI is InChI=1S/C15H15NO5/c1-3-13(18)16-11(15(20)21-14(19)4-2)9-10-7-5-6-8-12(10)17/h3-8,11,17H,1-2,9H2,(H,16,18). The summed E-state index contributed by atoms with van der Waals surface area (Å²) in [6.45, 7) is 6.46. The molecule has 2 N–H and O–H groups in total. The minimum Gasteiger partial charge on any atom is -0.508 e. The number of hydrogen-bond donors (Lipinski definition) is 2. The van der Waals surface area contributed by atoms with Crippen LogP contribution in [-0.4, -0.2) is 29.0 Å². The molecule has 0 saturated carbocycles. The van der Waals surface area contributed by atoms with Crippen molar-refractivity contribution >= 4 is 17.8 Å². The van der Waals surface area contributed by atoms with Crippen LogP contribution in [0, 0.1) is 0 Å². The van der Waals surface area contributed by atoms with Gasteiger partial charge in [-0.2, -0.15) is 0 Å².